The van der Waals surface area contributed by atoms with Crippen molar-refractivity contribution in [3.05, 3.63) is 131 Å². The average molecular weight is 957 g/mol. The number of ether oxygens (including phenoxy) is 6. The average Bonchev–Trinajstić information content (AvgIpc) is 3.31. The molecule has 0 saturated heterocycles. The number of nitrogens with zero attached hydrogens (tertiary/aromatic N) is 3. The van der Waals surface area contributed by atoms with E-state index in [1.54, 1.807) is 53.8 Å². The van der Waals surface area contributed by atoms with E-state index >= 15 is 0 Å². The third-order valence-corrected chi connectivity index (χ3v) is 10.7. The predicted molar refractivity (Wildman–Crippen MR) is 242 cm³/mol. The van der Waals surface area contributed by atoms with E-state index in [0.717, 1.165) is 49.5 Å². The zero-order chi connectivity index (χ0) is 48.2. The lowest BCUT2D eigenvalue weighted by atomic mass is 10.2. The number of nitrogens with one attached hydrogen (secondary N) is 1. The molecular formula is C48H53F5N4O9S. The molecule has 0 saturated carbocycles. The molecule has 0 bridgehead atoms. The molecule has 0 spiro atoms. The minimum absolute atomic E-state index is 0.0462. The molecule has 4 aromatic carbocycles. The first kappa shape index (κ1) is 52.0. The maximum Gasteiger partial charge on any atom is 0.430 e. The number of halogens is 5. The Hall–Kier alpha value is -5.96. The van der Waals surface area contributed by atoms with E-state index in [1.807, 2.05) is 14.1 Å². The number of alkyl halides is 3. The second-order valence-corrected chi connectivity index (χ2v) is 16.1. The molecule has 360 valence electrons. The van der Waals surface area contributed by atoms with Gasteiger partial charge in [-0.15, -0.1) is 11.3 Å². The fraction of sp³-hybridized carbons (Fsp3) is 0.354. The van der Waals surface area contributed by atoms with Crippen LogP contribution in [0.2, 0.25) is 0 Å². The molecule has 19 heteroatoms. The molecule has 13 nitrogen and oxygen atoms in total. The summed E-state index contributed by atoms with van der Waals surface area (Å²) in [7, 11) is 6.15. The fourth-order valence-electron chi connectivity index (χ4n) is 5.95. The van der Waals surface area contributed by atoms with Gasteiger partial charge in [-0.05, 0) is 71.8 Å². The first-order valence-corrected chi connectivity index (χ1v) is 21.9. The number of fused-ring (bicyclic) bond motifs is 2. The van der Waals surface area contributed by atoms with E-state index in [2.05, 4.69) is 58.2 Å². The monoisotopic (exact) mass is 956 g/mol. The predicted octanol–water partition coefficient (Wildman–Crippen LogP) is 5.68. The Labute approximate surface area is 388 Å². The van der Waals surface area contributed by atoms with Crippen molar-refractivity contribution < 1.29 is 65.4 Å². The van der Waals surface area contributed by atoms with Crippen LogP contribution in [-0.4, -0.2) is 115 Å². The van der Waals surface area contributed by atoms with Crippen LogP contribution in [0.4, 0.5) is 27.6 Å². The van der Waals surface area contributed by atoms with Crippen molar-refractivity contribution in [2.24, 2.45) is 0 Å². The highest BCUT2D eigenvalue weighted by Gasteiger charge is 2.28. The molecule has 1 aliphatic heterocycles. The number of rotatable bonds is 24. The highest BCUT2D eigenvalue weighted by atomic mass is 32.1. The molecule has 1 aliphatic carbocycles. The standard InChI is InChI=1S/C46H53F2N4O7S.C2HF3O2/c1-51(2)37-12-15-41-45(26-37)60-46-27-38(13-16-42(46)50-41)52(3)19-21-55-23-25-56-24-22-54-20-18-49-29-39(53)32-57-40-14-17-43(58-30-33-4-8-35(47)9-5-33)44(28-40)59-31-34-6-10-36(48)11-7-34;3-2(4,5)1(6)7/h4-17,26-28,39,49,53H,18-25,29-32H2,1-3H3;(H,6,7)/q+1;/p-1/t39-;/m1./s1. The van der Waals surface area contributed by atoms with Gasteiger partial charge < -0.3 is 53.6 Å². The third-order valence-electron chi connectivity index (χ3n) is 9.63. The third kappa shape index (κ3) is 18.0. The second kappa shape index (κ2) is 26.4. The maximum absolute atomic E-state index is 13.4. The van der Waals surface area contributed by atoms with Gasteiger partial charge in [0, 0.05) is 50.6 Å². The van der Waals surface area contributed by atoms with Gasteiger partial charge in [-0.25, -0.2) is 18.3 Å². The quantitative estimate of drug-likeness (QED) is 0.0333. The number of benzene rings is 5. The van der Waals surface area contributed by atoms with Crippen LogP contribution in [0.1, 0.15) is 11.1 Å². The summed E-state index contributed by atoms with van der Waals surface area (Å²) >= 11 is 1.75. The van der Waals surface area contributed by atoms with Crippen molar-refractivity contribution in [2.75, 3.05) is 91.9 Å². The van der Waals surface area contributed by atoms with Crippen LogP contribution in [0.15, 0.2) is 103 Å². The van der Waals surface area contributed by atoms with Crippen LogP contribution in [0, 0.1) is 11.6 Å². The Morgan fingerprint density at radius 3 is 1.99 bits per heavy atom. The lowest BCUT2D eigenvalue weighted by molar-refractivity contribution is -0.344. The molecule has 1 heterocycles. The molecule has 0 unspecified atom stereocenters. The van der Waals surface area contributed by atoms with Crippen LogP contribution in [0.5, 0.6) is 17.2 Å². The number of aromatic nitrogens is 1. The van der Waals surface area contributed by atoms with E-state index in [9.17, 15) is 27.1 Å². The first-order chi connectivity index (χ1) is 32.1. The van der Waals surface area contributed by atoms with E-state index in [-0.39, 0.29) is 31.5 Å². The lowest BCUT2D eigenvalue weighted by Gasteiger charge is -2.20. The highest BCUT2D eigenvalue weighted by molar-refractivity contribution is 7.21. The SMILES string of the molecule is CN(CCOCCOCCOCCNC[C@@H](O)COc1ccc(OCc2ccc(F)cc2)c(OCc2ccc(F)cc2)c1)c1ccc2nc3ccc(=[N+](C)C)cc-3sc2c1.O=C([O-])C(F)(F)F. The van der Waals surface area contributed by atoms with Gasteiger partial charge in [-0.1, -0.05) is 24.3 Å². The molecule has 4 aromatic rings. The van der Waals surface area contributed by atoms with Crippen LogP contribution >= 0.6 is 11.3 Å². The van der Waals surface area contributed by atoms with Crippen LogP contribution in [0.3, 0.4) is 0 Å². The van der Waals surface area contributed by atoms with Crippen molar-refractivity contribution in [2.45, 2.75) is 25.5 Å². The Morgan fingerprint density at radius 2 is 1.37 bits per heavy atom. The summed E-state index contributed by atoms with van der Waals surface area (Å²) < 4.78 is 96.5. The highest BCUT2D eigenvalue weighted by Crippen LogP contribution is 2.34. The number of hydrogen-bond acceptors (Lipinski definition) is 13. The summed E-state index contributed by atoms with van der Waals surface area (Å²) in [5.41, 5.74) is 4.68. The summed E-state index contributed by atoms with van der Waals surface area (Å²) in [5, 5.41) is 23.6. The van der Waals surface area contributed by atoms with Crippen molar-refractivity contribution in [3.8, 4) is 27.8 Å². The Bertz CT molecular complexity index is 2490. The lowest BCUT2D eigenvalue weighted by Crippen LogP contribution is -2.37. The van der Waals surface area contributed by atoms with E-state index < -0.39 is 18.2 Å². The van der Waals surface area contributed by atoms with Crippen LogP contribution < -0.4 is 39.5 Å². The number of likely N-dealkylation sites (N-methyl/N-ethyl adjacent to an activating group) is 1. The van der Waals surface area contributed by atoms with Crippen LogP contribution in [-0.2, 0) is 32.2 Å². The van der Waals surface area contributed by atoms with Gasteiger partial charge in [0.15, 0.2) is 11.5 Å². The van der Waals surface area contributed by atoms with Crippen molar-refractivity contribution in [1.29, 1.82) is 0 Å². The molecule has 6 rings (SSSR count). The number of carboxylic acid groups (broad SMARTS) is 1. The summed E-state index contributed by atoms with van der Waals surface area (Å²) in [6.45, 7) is 4.98. The summed E-state index contributed by atoms with van der Waals surface area (Å²) in [5.74, 6) is -2.32. The van der Waals surface area contributed by atoms with Gasteiger partial charge in [-0.3, -0.25) is 0 Å². The number of carbonyl (C=O) groups excluding carboxylic acids is 1. The molecule has 67 heavy (non-hydrogen) atoms. The Morgan fingerprint density at radius 1 is 0.776 bits per heavy atom. The maximum atomic E-state index is 13.4. The Kier molecular flexibility index (Phi) is 20.5. The number of aliphatic hydroxyl groups is 1. The van der Waals surface area contributed by atoms with Crippen molar-refractivity contribution >= 4 is 33.2 Å². The first-order valence-electron chi connectivity index (χ1n) is 21.1. The van der Waals surface area contributed by atoms with Crippen molar-refractivity contribution in [3.63, 3.8) is 0 Å². The second-order valence-electron chi connectivity index (χ2n) is 15.1. The summed E-state index contributed by atoms with van der Waals surface area (Å²) in [4.78, 5) is 17.0. The van der Waals surface area contributed by atoms with Gasteiger partial charge in [0.2, 0.25) is 5.36 Å². The van der Waals surface area contributed by atoms with E-state index in [1.165, 1.54) is 24.3 Å². The number of carboxylic acids is 1. The van der Waals surface area contributed by atoms with E-state index in [0.29, 0.717) is 70.0 Å². The number of anilines is 1. The van der Waals surface area contributed by atoms with E-state index in [4.69, 9.17) is 43.3 Å². The van der Waals surface area contributed by atoms with Gasteiger partial charge >= 0.3 is 6.18 Å². The van der Waals surface area contributed by atoms with Gasteiger partial charge in [-0.2, -0.15) is 13.2 Å². The normalized spacial score (nSPS) is 11.8. The van der Waals surface area contributed by atoms with Crippen LogP contribution in [0.25, 0.3) is 20.8 Å². The molecule has 2 N–H and O–H groups in total. The summed E-state index contributed by atoms with van der Waals surface area (Å²) in [6, 6.07) is 29.9. The number of aliphatic hydroxyl groups excluding tert-OH is 1. The zero-order valence-electron chi connectivity index (χ0n) is 37.2. The van der Waals surface area contributed by atoms with Crippen molar-refractivity contribution in [1.82, 2.24) is 14.9 Å². The minimum Gasteiger partial charge on any atom is -0.542 e. The molecule has 0 amide bonds. The molecule has 0 fully saturated rings. The zero-order valence-corrected chi connectivity index (χ0v) is 38.0. The van der Waals surface area contributed by atoms with Gasteiger partial charge in [0.05, 0.1) is 60.4 Å². The summed E-state index contributed by atoms with van der Waals surface area (Å²) in [6.07, 6.45) is -5.96. The topological polar surface area (TPSA) is 147 Å². The van der Waals surface area contributed by atoms with Gasteiger partial charge in [0.25, 0.3) is 0 Å². The Balaban J connectivity index is 0.00000111. The molecule has 0 aromatic heterocycles. The van der Waals surface area contributed by atoms with Gasteiger partial charge in [0.1, 0.15) is 63.4 Å². The fourth-order valence-corrected chi connectivity index (χ4v) is 6.98. The molecular weight excluding hydrogens is 904 g/mol. The largest absolute Gasteiger partial charge is 0.542 e. The molecule has 2 aliphatic rings. The minimum atomic E-state index is -5.19. The number of carbonyl (C=O) groups is 1. The molecule has 0 radical (unpaired) electrons. The molecule has 1 atom stereocenters. The smallest absolute Gasteiger partial charge is 0.430 e. The number of hydrogen-bond donors (Lipinski definition) is 2. The number of aliphatic carboxylic acids is 1.